The van der Waals surface area contributed by atoms with Gasteiger partial charge in [0.1, 0.15) is 5.82 Å². The first kappa shape index (κ1) is 21.7. The first-order valence-electron chi connectivity index (χ1n) is 8.89. The number of primary amides is 1. The second kappa shape index (κ2) is 9.23. The fraction of sp³-hybridized carbons (Fsp3) is 0.200. The van der Waals surface area contributed by atoms with Gasteiger partial charge in [-0.1, -0.05) is 40.5 Å². The number of halogens is 3. The van der Waals surface area contributed by atoms with Crippen LogP contribution in [0.25, 0.3) is 0 Å². The van der Waals surface area contributed by atoms with Crippen LogP contribution in [0.3, 0.4) is 0 Å². The van der Waals surface area contributed by atoms with E-state index in [9.17, 15) is 9.18 Å². The lowest BCUT2D eigenvalue weighted by molar-refractivity contribution is 0.0996. The van der Waals surface area contributed by atoms with Gasteiger partial charge >= 0.3 is 0 Å². The van der Waals surface area contributed by atoms with Gasteiger partial charge in [-0.3, -0.25) is 4.79 Å². The average Bonchev–Trinajstić information content (AvgIpc) is 3.07. The second-order valence-electron chi connectivity index (χ2n) is 6.83. The zero-order valence-electron chi connectivity index (χ0n) is 16.3. The lowest BCUT2D eigenvalue weighted by Crippen LogP contribution is -2.13. The highest BCUT2D eigenvalue weighted by molar-refractivity contribution is 6.36. The van der Waals surface area contributed by atoms with Gasteiger partial charge in [0.2, 0.25) is 0 Å². The van der Waals surface area contributed by atoms with Crippen molar-refractivity contribution in [3.8, 4) is 0 Å². The maximum absolute atomic E-state index is 13.1. The van der Waals surface area contributed by atoms with Crippen LogP contribution < -0.4 is 5.73 Å². The van der Waals surface area contributed by atoms with E-state index < -0.39 is 5.91 Å². The summed E-state index contributed by atoms with van der Waals surface area (Å²) in [6.45, 7) is 0.233. The van der Waals surface area contributed by atoms with Crippen LogP contribution >= 0.6 is 23.2 Å². The van der Waals surface area contributed by atoms with Crippen molar-refractivity contribution in [1.29, 1.82) is 0 Å². The topological polar surface area (TPSA) is 89.4 Å². The molecule has 156 valence electrons. The molecule has 0 aliphatic heterocycles. The molecule has 0 atom stereocenters. The number of nitrogens with zero attached hydrogens (tertiary/aromatic N) is 5. The molecule has 3 aromatic rings. The number of carbonyl (C=O) groups excluding carboxylic acids is 1. The molecule has 0 aliphatic rings. The van der Waals surface area contributed by atoms with Gasteiger partial charge in [-0.25, -0.2) is 14.1 Å². The maximum atomic E-state index is 13.1. The molecule has 2 N–H and O–H groups in total. The smallest absolute Gasteiger partial charge is 0.273 e. The van der Waals surface area contributed by atoms with Gasteiger partial charge in [-0.05, 0) is 41.0 Å². The molecule has 0 bridgehead atoms. The summed E-state index contributed by atoms with van der Waals surface area (Å²) in [5.74, 6) is -0.793. The molecule has 10 heteroatoms. The Kier molecular flexibility index (Phi) is 6.69. The van der Waals surface area contributed by atoms with E-state index in [2.05, 4.69) is 15.3 Å². The lowest BCUT2D eigenvalue weighted by atomic mass is 10.0. The van der Waals surface area contributed by atoms with E-state index in [1.165, 1.54) is 23.2 Å². The number of carbonyl (C=O) groups is 1. The summed E-state index contributed by atoms with van der Waals surface area (Å²) in [4.78, 5) is 17.6. The van der Waals surface area contributed by atoms with Gasteiger partial charge in [-0.15, -0.1) is 5.10 Å². The van der Waals surface area contributed by atoms with Gasteiger partial charge < -0.3 is 10.6 Å². The Morgan fingerprint density at radius 1 is 1.20 bits per heavy atom. The van der Waals surface area contributed by atoms with Crippen LogP contribution in [0.2, 0.25) is 10.0 Å². The molecule has 0 aliphatic carbocycles. The van der Waals surface area contributed by atoms with E-state index in [1.54, 1.807) is 43.3 Å². The van der Waals surface area contributed by atoms with Crippen molar-refractivity contribution in [1.82, 2.24) is 19.9 Å². The fourth-order valence-electron chi connectivity index (χ4n) is 2.77. The van der Waals surface area contributed by atoms with Crippen molar-refractivity contribution in [2.24, 2.45) is 10.7 Å². The molecule has 1 aromatic heterocycles. The van der Waals surface area contributed by atoms with Crippen molar-refractivity contribution in [2.75, 3.05) is 14.1 Å². The van der Waals surface area contributed by atoms with Gasteiger partial charge in [0, 0.05) is 30.6 Å². The van der Waals surface area contributed by atoms with Crippen molar-refractivity contribution in [3.63, 3.8) is 0 Å². The molecule has 7 nitrogen and oxygen atoms in total. The molecule has 0 radical (unpaired) electrons. The Bertz CT molecular complexity index is 1070. The van der Waals surface area contributed by atoms with Crippen LogP contribution in [0.1, 0.15) is 27.2 Å². The number of nitrogens with two attached hydrogens (primary N) is 1. The number of hydrogen-bond acceptors (Lipinski definition) is 4. The highest BCUT2D eigenvalue weighted by Gasteiger charge is 2.18. The van der Waals surface area contributed by atoms with Crippen molar-refractivity contribution >= 4 is 41.3 Å². The van der Waals surface area contributed by atoms with Crippen LogP contribution in [-0.2, 0) is 13.0 Å². The molecule has 0 saturated heterocycles. The molecule has 1 amide bonds. The zero-order chi connectivity index (χ0) is 21.8. The number of aromatic nitrogens is 3. The summed E-state index contributed by atoms with van der Waals surface area (Å²) in [6, 6.07) is 9.68. The van der Waals surface area contributed by atoms with Crippen LogP contribution in [0.15, 0.2) is 41.4 Å². The van der Waals surface area contributed by atoms with Gasteiger partial charge in [-0.2, -0.15) is 0 Å². The predicted octanol–water partition coefficient (Wildman–Crippen LogP) is 3.68. The van der Waals surface area contributed by atoms with E-state index in [0.29, 0.717) is 16.5 Å². The number of hydrogen-bond donors (Lipinski definition) is 1. The second-order valence-corrected chi connectivity index (χ2v) is 7.65. The van der Waals surface area contributed by atoms with Crippen LogP contribution in [0.4, 0.5) is 10.2 Å². The predicted molar refractivity (Wildman–Crippen MR) is 115 cm³/mol. The molecular formula is C20H19Cl2FN6O. The normalized spacial score (nSPS) is 11.2. The van der Waals surface area contributed by atoms with E-state index in [-0.39, 0.29) is 23.9 Å². The first-order valence-corrected chi connectivity index (χ1v) is 9.65. The third kappa shape index (κ3) is 5.14. The van der Waals surface area contributed by atoms with Gasteiger partial charge in [0.15, 0.2) is 11.5 Å². The molecule has 0 saturated carbocycles. The van der Waals surface area contributed by atoms with Gasteiger partial charge in [0.05, 0.1) is 12.9 Å². The van der Waals surface area contributed by atoms with Gasteiger partial charge in [0.25, 0.3) is 5.91 Å². The van der Waals surface area contributed by atoms with Crippen molar-refractivity contribution < 1.29 is 9.18 Å². The minimum absolute atomic E-state index is 0.0294. The minimum Gasteiger partial charge on any atom is -0.369 e. The third-order valence-electron chi connectivity index (χ3n) is 4.18. The first-order chi connectivity index (χ1) is 14.2. The lowest BCUT2D eigenvalue weighted by Gasteiger charge is -2.11. The largest absolute Gasteiger partial charge is 0.369 e. The maximum Gasteiger partial charge on any atom is 0.273 e. The molecule has 0 unspecified atom stereocenters. The summed E-state index contributed by atoms with van der Waals surface area (Å²) in [5, 5.41) is 8.74. The Morgan fingerprint density at radius 3 is 2.40 bits per heavy atom. The summed E-state index contributed by atoms with van der Waals surface area (Å²) in [6.07, 6.45) is 1.99. The molecule has 2 aromatic carbocycles. The monoisotopic (exact) mass is 448 g/mol. The van der Waals surface area contributed by atoms with E-state index >= 15 is 0 Å². The van der Waals surface area contributed by atoms with Crippen LogP contribution in [0.5, 0.6) is 0 Å². The Balaban J connectivity index is 1.89. The third-order valence-corrected chi connectivity index (χ3v) is 4.86. The summed E-state index contributed by atoms with van der Waals surface area (Å²) in [7, 11) is 3.59. The number of amides is 1. The standard InChI is InChI=1S/C20H19Cl2FN6O/c1-28(2)11-25-20-18(19(24)30)26-27-29(20)10-13-8-16(21)15(17(22)9-13)7-12-3-5-14(23)6-4-12/h3-6,8-9,11H,7,10H2,1-2H3,(H2,24,30)/b25-11+. The SMILES string of the molecule is CN(C)/C=N/c1c(C(N)=O)nnn1Cc1cc(Cl)c(Cc2ccc(F)cc2)c(Cl)c1. The average molecular weight is 449 g/mol. The van der Waals surface area contributed by atoms with Crippen LogP contribution in [-0.4, -0.2) is 46.2 Å². The Labute approximate surface area is 182 Å². The Morgan fingerprint density at radius 2 is 1.83 bits per heavy atom. The summed E-state index contributed by atoms with van der Waals surface area (Å²) < 4.78 is 14.6. The minimum atomic E-state index is -0.724. The number of aliphatic imine (C=N–C) groups is 1. The molecule has 30 heavy (non-hydrogen) atoms. The molecule has 0 spiro atoms. The van der Waals surface area contributed by atoms with E-state index in [1.807, 2.05) is 0 Å². The summed E-state index contributed by atoms with van der Waals surface area (Å²) >= 11 is 12.9. The quantitative estimate of drug-likeness (QED) is 0.440. The van der Waals surface area contributed by atoms with Crippen molar-refractivity contribution in [3.05, 3.63) is 74.6 Å². The highest BCUT2D eigenvalue weighted by Crippen LogP contribution is 2.30. The van der Waals surface area contributed by atoms with Crippen LogP contribution in [0, 0.1) is 5.82 Å². The number of benzene rings is 2. The molecule has 3 rings (SSSR count). The van der Waals surface area contributed by atoms with E-state index in [0.717, 1.165) is 16.7 Å². The number of rotatable bonds is 7. The summed E-state index contributed by atoms with van der Waals surface area (Å²) in [5.41, 5.74) is 7.70. The highest BCUT2D eigenvalue weighted by atomic mass is 35.5. The van der Waals surface area contributed by atoms with Crippen molar-refractivity contribution in [2.45, 2.75) is 13.0 Å². The van der Waals surface area contributed by atoms with E-state index in [4.69, 9.17) is 28.9 Å². The Hall–Kier alpha value is -2.97. The molecule has 1 heterocycles. The fourth-order valence-corrected chi connectivity index (χ4v) is 3.43. The molecular weight excluding hydrogens is 430 g/mol. The zero-order valence-corrected chi connectivity index (χ0v) is 17.8. The molecule has 0 fully saturated rings.